The molecule has 0 saturated carbocycles. The van der Waals surface area contributed by atoms with Crippen LogP contribution in [-0.4, -0.2) is 90.0 Å². The van der Waals surface area contributed by atoms with E-state index in [9.17, 15) is 13.2 Å². The number of methoxy groups -OCH3 is 1. The highest BCUT2D eigenvalue weighted by Crippen LogP contribution is 2.14. The Bertz CT molecular complexity index is 649. The van der Waals surface area contributed by atoms with Crippen molar-refractivity contribution in [2.45, 2.75) is 110 Å². The maximum atomic E-state index is 12.8. The van der Waals surface area contributed by atoms with Crippen LogP contribution < -0.4 is 0 Å². The fourth-order valence-corrected chi connectivity index (χ4v) is 6.09. The second-order valence-corrected chi connectivity index (χ2v) is 13.7. The lowest BCUT2D eigenvalue weighted by atomic mass is 10.0. The molecule has 1 amide bonds. The highest BCUT2D eigenvalue weighted by molar-refractivity contribution is 7.89. The molecule has 0 aliphatic carbocycles. The lowest BCUT2D eigenvalue weighted by Crippen LogP contribution is -2.43. The minimum atomic E-state index is -3.66. The molecule has 37 heavy (non-hydrogen) atoms. The summed E-state index contributed by atoms with van der Waals surface area (Å²) in [6.07, 6.45) is 19.0. The fraction of sp³-hybridized carbons (Fsp3) is 0.966. The third-order valence-corrected chi connectivity index (χ3v) is 8.62. The predicted octanol–water partition coefficient (Wildman–Crippen LogP) is 6.02. The molecule has 1 unspecified atom stereocenters. The van der Waals surface area contributed by atoms with Crippen molar-refractivity contribution in [2.75, 3.05) is 66.9 Å². The molecule has 0 bridgehead atoms. The lowest BCUT2D eigenvalue weighted by Gasteiger charge is -2.27. The molecule has 0 radical (unpaired) electrons. The van der Waals surface area contributed by atoms with Gasteiger partial charge < -0.3 is 14.0 Å². The summed E-state index contributed by atoms with van der Waals surface area (Å²) in [6.45, 7) is 5.83. The summed E-state index contributed by atoms with van der Waals surface area (Å²) < 4.78 is 38.5. The van der Waals surface area contributed by atoms with Gasteiger partial charge in [0.05, 0.1) is 46.7 Å². The first-order valence-corrected chi connectivity index (χ1v) is 16.5. The van der Waals surface area contributed by atoms with Crippen molar-refractivity contribution in [2.24, 2.45) is 5.92 Å². The van der Waals surface area contributed by atoms with Crippen molar-refractivity contribution < 1.29 is 27.2 Å². The number of carbonyl (C=O) groups excluding carboxylic acids is 1. The normalized spacial score (nSPS) is 13.1. The monoisotopic (exact) mass is 549 g/mol. The van der Waals surface area contributed by atoms with Crippen molar-refractivity contribution >= 4 is 15.9 Å². The van der Waals surface area contributed by atoms with Crippen LogP contribution in [0.3, 0.4) is 0 Å². The number of rotatable bonds is 26. The molecule has 7 nitrogen and oxygen atoms in total. The molecule has 222 valence electrons. The first-order chi connectivity index (χ1) is 17.5. The van der Waals surface area contributed by atoms with E-state index in [1.165, 1.54) is 84.0 Å². The number of nitrogens with zero attached hydrogens (tertiary/aromatic N) is 2. The van der Waals surface area contributed by atoms with Crippen molar-refractivity contribution in [3.63, 3.8) is 0 Å². The Balaban J connectivity index is 4.07. The van der Waals surface area contributed by atoms with E-state index < -0.39 is 15.9 Å². The molecule has 0 saturated heterocycles. The Morgan fingerprint density at radius 3 is 1.70 bits per heavy atom. The van der Waals surface area contributed by atoms with Crippen LogP contribution in [0.5, 0.6) is 0 Å². The Morgan fingerprint density at radius 1 is 0.784 bits per heavy atom. The molecular weight excluding hydrogens is 488 g/mol. The Kier molecular flexibility index (Phi) is 21.7. The van der Waals surface area contributed by atoms with E-state index in [-0.39, 0.29) is 18.2 Å². The van der Waals surface area contributed by atoms with Crippen molar-refractivity contribution in [1.29, 1.82) is 0 Å². The molecule has 0 aromatic carbocycles. The average Bonchev–Trinajstić information content (AvgIpc) is 2.80. The molecule has 8 heteroatoms. The van der Waals surface area contributed by atoms with Gasteiger partial charge in [-0.25, -0.2) is 12.7 Å². The summed E-state index contributed by atoms with van der Waals surface area (Å²) in [5.41, 5.74) is 0. The number of hydrogen-bond donors (Lipinski definition) is 0. The number of ether oxygens (including phenoxy) is 2. The maximum absolute atomic E-state index is 12.8. The molecule has 0 aliphatic heterocycles. The van der Waals surface area contributed by atoms with Gasteiger partial charge in [-0.3, -0.25) is 4.79 Å². The SMILES string of the molecule is CCCCCCCCCCCCCCCCOCC(COC)CN(C(C)=O)S(=O)(=O)CCC[N+](C)(C)C. The molecule has 0 rings (SSSR count). The zero-order valence-electron chi connectivity index (χ0n) is 25.3. The second-order valence-electron chi connectivity index (χ2n) is 11.7. The first kappa shape index (κ1) is 36.3. The molecule has 0 heterocycles. The van der Waals surface area contributed by atoms with E-state index in [2.05, 4.69) is 6.92 Å². The summed E-state index contributed by atoms with van der Waals surface area (Å²) in [4.78, 5) is 12.2. The topological polar surface area (TPSA) is 72.9 Å². The zero-order chi connectivity index (χ0) is 28.0. The van der Waals surface area contributed by atoms with E-state index >= 15 is 0 Å². The van der Waals surface area contributed by atoms with Gasteiger partial charge in [0.25, 0.3) is 0 Å². The van der Waals surface area contributed by atoms with Gasteiger partial charge in [0.1, 0.15) is 0 Å². The molecular formula is C29H61N2O5S+. The number of sulfonamides is 1. The third kappa shape index (κ3) is 21.9. The first-order valence-electron chi connectivity index (χ1n) is 14.9. The van der Waals surface area contributed by atoms with Gasteiger partial charge in [0.15, 0.2) is 0 Å². The van der Waals surface area contributed by atoms with Crippen molar-refractivity contribution in [3.05, 3.63) is 0 Å². The summed E-state index contributed by atoms with van der Waals surface area (Å²) in [6, 6.07) is 0. The molecule has 0 aliphatic rings. The summed E-state index contributed by atoms with van der Waals surface area (Å²) in [7, 11) is 4.02. The lowest BCUT2D eigenvalue weighted by molar-refractivity contribution is -0.870. The molecule has 0 aromatic rings. The van der Waals surface area contributed by atoms with Crippen LogP contribution >= 0.6 is 0 Å². The van der Waals surface area contributed by atoms with Crippen LogP contribution in [0.15, 0.2) is 0 Å². The predicted molar refractivity (Wildman–Crippen MR) is 155 cm³/mol. The van der Waals surface area contributed by atoms with Crippen LogP contribution in [0.4, 0.5) is 0 Å². The zero-order valence-corrected chi connectivity index (χ0v) is 26.1. The van der Waals surface area contributed by atoms with Crippen LogP contribution in [0.2, 0.25) is 0 Å². The smallest absolute Gasteiger partial charge is 0.237 e. The van der Waals surface area contributed by atoms with Gasteiger partial charge in [0, 0.05) is 39.5 Å². The van der Waals surface area contributed by atoms with Gasteiger partial charge in [-0.15, -0.1) is 0 Å². The summed E-state index contributed by atoms with van der Waals surface area (Å²) in [5.74, 6) is -0.645. The van der Waals surface area contributed by atoms with Crippen molar-refractivity contribution in [1.82, 2.24) is 4.31 Å². The summed E-state index contributed by atoms with van der Waals surface area (Å²) in [5, 5.41) is 0. The van der Waals surface area contributed by atoms with E-state index in [1.807, 2.05) is 21.1 Å². The van der Waals surface area contributed by atoms with E-state index in [0.29, 0.717) is 30.7 Å². The number of quaternary nitrogens is 1. The molecule has 0 N–H and O–H groups in total. The fourth-order valence-electron chi connectivity index (χ4n) is 4.54. The molecule has 0 spiro atoms. The van der Waals surface area contributed by atoms with E-state index in [0.717, 1.165) is 23.7 Å². The van der Waals surface area contributed by atoms with Crippen LogP contribution in [0.1, 0.15) is 110 Å². The highest BCUT2D eigenvalue weighted by atomic mass is 32.2. The second kappa shape index (κ2) is 22.2. The van der Waals surface area contributed by atoms with Gasteiger partial charge >= 0.3 is 0 Å². The number of unbranched alkanes of at least 4 members (excludes halogenated alkanes) is 13. The number of hydrogen-bond acceptors (Lipinski definition) is 5. The number of amides is 1. The van der Waals surface area contributed by atoms with Crippen LogP contribution in [-0.2, 0) is 24.3 Å². The Hall–Kier alpha value is -0.700. The summed E-state index contributed by atoms with van der Waals surface area (Å²) >= 11 is 0. The minimum Gasteiger partial charge on any atom is -0.384 e. The molecule has 0 aromatic heterocycles. The third-order valence-electron chi connectivity index (χ3n) is 6.74. The van der Waals surface area contributed by atoms with E-state index in [1.54, 1.807) is 7.11 Å². The van der Waals surface area contributed by atoms with Gasteiger partial charge in [-0.2, -0.15) is 0 Å². The molecule has 1 atom stereocenters. The minimum absolute atomic E-state index is 0.0261. The maximum Gasteiger partial charge on any atom is 0.237 e. The quantitative estimate of drug-likeness (QED) is 0.0974. The van der Waals surface area contributed by atoms with Gasteiger partial charge in [-0.05, 0) is 6.42 Å². The van der Waals surface area contributed by atoms with Gasteiger partial charge in [0.2, 0.25) is 15.9 Å². The molecule has 0 fully saturated rings. The van der Waals surface area contributed by atoms with Crippen molar-refractivity contribution in [3.8, 4) is 0 Å². The standard InChI is InChI=1S/C29H61N2O5S/c1-7-8-9-10-11-12-13-14-15-16-17-18-19-20-23-36-27-29(26-35-6)25-30(28(2)32)37(33,34)24-21-22-31(3,4)5/h29H,7-27H2,1-6H3/q+1. The Labute approximate surface area is 230 Å². The highest BCUT2D eigenvalue weighted by Gasteiger charge is 2.28. The van der Waals surface area contributed by atoms with E-state index in [4.69, 9.17) is 9.47 Å². The average molecular weight is 550 g/mol. The van der Waals surface area contributed by atoms with Crippen LogP contribution in [0.25, 0.3) is 0 Å². The van der Waals surface area contributed by atoms with Crippen LogP contribution in [0, 0.1) is 5.92 Å². The van der Waals surface area contributed by atoms with Gasteiger partial charge in [-0.1, -0.05) is 90.4 Å². The Morgan fingerprint density at radius 2 is 1.27 bits per heavy atom. The largest absolute Gasteiger partial charge is 0.384 e. The number of carbonyl (C=O) groups is 1.